The van der Waals surface area contributed by atoms with Crippen LogP contribution in [-0.2, 0) is 22.4 Å². The standard InChI is InChI=1S/C15H25N5O3/c1-4-12-17-13(23-18-12)5-6-14(21)20-8-7-19(3)9-11(10-20)15(22)16-2/h11H,4-10H2,1-3H3,(H,16,22)/t11-/m1/s1. The third kappa shape index (κ3) is 4.75. The zero-order chi connectivity index (χ0) is 16.8. The molecule has 2 rings (SSSR count). The van der Waals surface area contributed by atoms with Crippen LogP contribution in [0.25, 0.3) is 0 Å². The molecule has 128 valence electrons. The second kappa shape index (κ2) is 8.05. The van der Waals surface area contributed by atoms with E-state index in [1.54, 1.807) is 11.9 Å². The first-order valence-corrected chi connectivity index (χ1v) is 8.02. The Labute approximate surface area is 136 Å². The molecule has 0 radical (unpaired) electrons. The summed E-state index contributed by atoms with van der Waals surface area (Å²) in [4.78, 5) is 32.4. The van der Waals surface area contributed by atoms with Gasteiger partial charge in [-0.25, -0.2) is 0 Å². The molecular formula is C15H25N5O3. The highest BCUT2D eigenvalue weighted by Gasteiger charge is 2.28. The predicted molar refractivity (Wildman–Crippen MR) is 83.6 cm³/mol. The number of hydrogen-bond donors (Lipinski definition) is 1. The van der Waals surface area contributed by atoms with Gasteiger partial charge in [-0.2, -0.15) is 4.98 Å². The van der Waals surface area contributed by atoms with Gasteiger partial charge in [0.2, 0.25) is 17.7 Å². The maximum Gasteiger partial charge on any atom is 0.227 e. The van der Waals surface area contributed by atoms with Gasteiger partial charge >= 0.3 is 0 Å². The Balaban J connectivity index is 1.92. The minimum Gasteiger partial charge on any atom is -0.359 e. The van der Waals surface area contributed by atoms with E-state index >= 15 is 0 Å². The van der Waals surface area contributed by atoms with Gasteiger partial charge in [-0.3, -0.25) is 9.59 Å². The van der Waals surface area contributed by atoms with E-state index in [2.05, 4.69) is 20.4 Å². The number of rotatable bonds is 5. The SMILES string of the molecule is CCc1noc(CCC(=O)N2CCN(C)C[C@@H](C(=O)NC)C2)n1. The van der Waals surface area contributed by atoms with Crippen LogP contribution in [0.15, 0.2) is 4.52 Å². The van der Waals surface area contributed by atoms with Gasteiger partial charge in [0.25, 0.3) is 0 Å². The van der Waals surface area contributed by atoms with Crippen LogP contribution in [0, 0.1) is 5.92 Å². The topological polar surface area (TPSA) is 91.6 Å². The molecule has 1 aliphatic heterocycles. The van der Waals surface area contributed by atoms with Crippen molar-refractivity contribution in [1.29, 1.82) is 0 Å². The Morgan fingerprint density at radius 1 is 1.35 bits per heavy atom. The lowest BCUT2D eigenvalue weighted by Gasteiger charge is -2.23. The van der Waals surface area contributed by atoms with E-state index in [0.29, 0.717) is 50.6 Å². The first-order chi connectivity index (χ1) is 11.0. The zero-order valence-electron chi connectivity index (χ0n) is 14.0. The van der Waals surface area contributed by atoms with Gasteiger partial charge in [0, 0.05) is 52.5 Å². The van der Waals surface area contributed by atoms with E-state index in [1.807, 2.05) is 14.0 Å². The highest BCUT2D eigenvalue weighted by Crippen LogP contribution is 2.11. The van der Waals surface area contributed by atoms with Crippen molar-refractivity contribution in [2.45, 2.75) is 26.2 Å². The highest BCUT2D eigenvalue weighted by atomic mass is 16.5. The van der Waals surface area contributed by atoms with Gasteiger partial charge in [-0.05, 0) is 7.05 Å². The number of amides is 2. The molecule has 0 aromatic carbocycles. The van der Waals surface area contributed by atoms with Gasteiger partial charge in [-0.1, -0.05) is 12.1 Å². The summed E-state index contributed by atoms with van der Waals surface area (Å²) in [5.74, 6) is 0.937. The Kier molecular flexibility index (Phi) is 6.09. The summed E-state index contributed by atoms with van der Waals surface area (Å²) in [5.41, 5.74) is 0. The molecular weight excluding hydrogens is 298 g/mol. The number of likely N-dealkylation sites (N-methyl/N-ethyl adjacent to an activating group) is 1. The van der Waals surface area contributed by atoms with Crippen LogP contribution in [0.1, 0.15) is 25.1 Å². The van der Waals surface area contributed by atoms with Gasteiger partial charge in [0.1, 0.15) is 0 Å². The van der Waals surface area contributed by atoms with Crippen LogP contribution in [0.5, 0.6) is 0 Å². The van der Waals surface area contributed by atoms with E-state index in [1.165, 1.54) is 0 Å². The Hall–Kier alpha value is -1.96. The lowest BCUT2D eigenvalue weighted by molar-refractivity contribution is -0.132. The number of nitrogens with zero attached hydrogens (tertiary/aromatic N) is 4. The maximum absolute atomic E-state index is 12.4. The summed E-state index contributed by atoms with van der Waals surface area (Å²) in [7, 11) is 3.59. The maximum atomic E-state index is 12.4. The summed E-state index contributed by atoms with van der Waals surface area (Å²) >= 11 is 0. The molecule has 1 fully saturated rings. The average Bonchev–Trinajstić information content (AvgIpc) is 2.93. The van der Waals surface area contributed by atoms with Crippen molar-refractivity contribution >= 4 is 11.8 Å². The van der Waals surface area contributed by atoms with Crippen LogP contribution < -0.4 is 5.32 Å². The Morgan fingerprint density at radius 3 is 2.78 bits per heavy atom. The number of hydrogen-bond acceptors (Lipinski definition) is 6. The van der Waals surface area contributed by atoms with Crippen molar-refractivity contribution < 1.29 is 14.1 Å². The van der Waals surface area contributed by atoms with E-state index in [-0.39, 0.29) is 17.7 Å². The van der Waals surface area contributed by atoms with Gasteiger partial charge in [0.05, 0.1) is 5.92 Å². The van der Waals surface area contributed by atoms with Crippen molar-refractivity contribution in [2.75, 3.05) is 40.3 Å². The van der Waals surface area contributed by atoms with Gasteiger partial charge in [-0.15, -0.1) is 0 Å². The summed E-state index contributed by atoms with van der Waals surface area (Å²) in [6.07, 6.45) is 1.46. The third-order valence-corrected chi connectivity index (χ3v) is 4.07. The molecule has 2 amide bonds. The van der Waals surface area contributed by atoms with Crippen LogP contribution in [0.3, 0.4) is 0 Å². The van der Waals surface area contributed by atoms with Crippen LogP contribution in [0.4, 0.5) is 0 Å². The van der Waals surface area contributed by atoms with Crippen LogP contribution in [0.2, 0.25) is 0 Å². The van der Waals surface area contributed by atoms with E-state index in [4.69, 9.17) is 4.52 Å². The average molecular weight is 323 g/mol. The Bertz CT molecular complexity index is 545. The second-order valence-electron chi connectivity index (χ2n) is 5.87. The summed E-state index contributed by atoms with van der Waals surface area (Å²) in [5, 5.41) is 6.50. The summed E-state index contributed by atoms with van der Waals surface area (Å²) in [6.45, 7) is 4.46. The third-order valence-electron chi connectivity index (χ3n) is 4.07. The first-order valence-electron chi connectivity index (χ1n) is 8.02. The van der Waals surface area contributed by atoms with Gasteiger partial charge < -0.3 is 19.6 Å². The molecule has 8 nitrogen and oxygen atoms in total. The van der Waals surface area contributed by atoms with Crippen molar-refractivity contribution in [3.05, 3.63) is 11.7 Å². The summed E-state index contributed by atoms with van der Waals surface area (Å²) in [6, 6.07) is 0. The first kappa shape index (κ1) is 17.4. The summed E-state index contributed by atoms with van der Waals surface area (Å²) < 4.78 is 5.11. The molecule has 1 saturated heterocycles. The molecule has 2 heterocycles. The van der Waals surface area contributed by atoms with E-state index in [9.17, 15) is 9.59 Å². The van der Waals surface area contributed by atoms with Crippen LogP contribution in [-0.4, -0.2) is 72.0 Å². The largest absolute Gasteiger partial charge is 0.359 e. The molecule has 1 N–H and O–H groups in total. The van der Waals surface area contributed by atoms with Crippen molar-refractivity contribution in [1.82, 2.24) is 25.3 Å². The van der Waals surface area contributed by atoms with Crippen molar-refractivity contribution in [3.63, 3.8) is 0 Å². The van der Waals surface area contributed by atoms with Gasteiger partial charge in [0.15, 0.2) is 5.82 Å². The van der Waals surface area contributed by atoms with Crippen LogP contribution >= 0.6 is 0 Å². The van der Waals surface area contributed by atoms with E-state index < -0.39 is 0 Å². The number of aryl methyl sites for hydroxylation is 2. The molecule has 0 saturated carbocycles. The molecule has 0 unspecified atom stereocenters. The number of carbonyl (C=O) groups excluding carboxylic acids is 2. The molecule has 8 heteroatoms. The fraction of sp³-hybridized carbons (Fsp3) is 0.733. The zero-order valence-corrected chi connectivity index (χ0v) is 14.0. The molecule has 1 atom stereocenters. The highest BCUT2D eigenvalue weighted by molar-refractivity contribution is 5.81. The van der Waals surface area contributed by atoms with Crippen molar-refractivity contribution in [2.24, 2.45) is 5.92 Å². The predicted octanol–water partition coefficient (Wildman–Crippen LogP) is -0.299. The monoisotopic (exact) mass is 323 g/mol. The molecule has 23 heavy (non-hydrogen) atoms. The second-order valence-corrected chi connectivity index (χ2v) is 5.87. The molecule has 1 aliphatic rings. The normalized spacial score (nSPS) is 19.4. The lowest BCUT2D eigenvalue weighted by atomic mass is 10.1. The quantitative estimate of drug-likeness (QED) is 0.800. The molecule has 0 aliphatic carbocycles. The minimum atomic E-state index is -0.202. The van der Waals surface area contributed by atoms with E-state index in [0.717, 1.165) is 6.54 Å². The fourth-order valence-electron chi connectivity index (χ4n) is 2.68. The number of nitrogens with one attached hydrogen (secondary N) is 1. The lowest BCUT2D eigenvalue weighted by Crippen LogP contribution is -2.41. The smallest absolute Gasteiger partial charge is 0.227 e. The number of carbonyl (C=O) groups is 2. The Morgan fingerprint density at radius 2 is 2.13 bits per heavy atom. The minimum absolute atomic E-state index is 0.0189. The molecule has 0 bridgehead atoms. The molecule has 1 aromatic heterocycles. The van der Waals surface area contributed by atoms with Crippen molar-refractivity contribution in [3.8, 4) is 0 Å². The number of aromatic nitrogens is 2. The molecule has 1 aromatic rings. The fourth-order valence-corrected chi connectivity index (χ4v) is 2.68. The molecule has 0 spiro atoms.